The van der Waals surface area contributed by atoms with E-state index in [-0.39, 0.29) is 12.5 Å². The Bertz CT molecular complexity index is 636. The minimum absolute atomic E-state index is 0.0414. The van der Waals surface area contributed by atoms with Gasteiger partial charge < -0.3 is 14.6 Å². The molecule has 3 unspecified atom stereocenters. The van der Waals surface area contributed by atoms with Gasteiger partial charge in [-0.15, -0.1) is 0 Å². The predicted octanol–water partition coefficient (Wildman–Crippen LogP) is 3.56. The van der Waals surface area contributed by atoms with Crippen molar-refractivity contribution in [3.8, 4) is 0 Å². The van der Waals surface area contributed by atoms with Crippen LogP contribution >= 0.6 is 0 Å². The summed E-state index contributed by atoms with van der Waals surface area (Å²) < 4.78 is 100. The number of aliphatic hydroxyl groups is 1. The SMILES string of the molecule is COC(CF)C1CC(O)OC(c2cc(C(F)(F)F)cc(C(F)(F)F)c2)=N1. The Morgan fingerprint density at radius 1 is 1.15 bits per heavy atom. The molecule has 0 saturated heterocycles. The molecule has 0 amide bonds. The second kappa shape index (κ2) is 7.39. The van der Waals surface area contributed by atoms with Crippen LogP contribution in [0.2, 0.25) is 0 Å². The van der Waals surface area contributed by atoms with Crippen LogP contribution in [0.1, 0.15) is 23.1 Å². The van der Waals surface area contributed by atoms with Crippen molar-refractivity contribution >= 4 is 5.90 Å². The van der Waals surface area contributed by atoms with Crippen LogP contribution in [0.4, 0.5) is 30.7 Å². The van der Waals surface area contributed by atoms with Gasteiger partial charge in [0.05, 0.1) is 17.2 Å². The van der Waals surface area contributed by atoms with Crippen molar-refractivity contribution < 1.29 is 45.3 Å². The third-order valence-electron chi connectivity index (χ3n) is 3.69. The first-order valence-corrected chi connectivity index (χ1v) is 7.27. The Balaban J connectivity index is 2.54. The van der Waals surface area contributed by atoms with E-state index in [0.717, 1.165) is 7.11 Å². The number of hydrogen-bond donors (Lipinski definition) is 1. The van der Waals surface area contributed by atoms with Crippen molar-refractivity contribution in [1.82, 2.24) is 0 Å². The molecular weight excluding hydrogens is 375 g/mol. The monoisotopic (exact) mass is 389 g/mol. The normalized spacial score (nSPS) is 22.6. The summed E-state index contributed by atoms with van der Waals surface area (Å²) in [6, 6.07) is -0.242. The fraction of sp³-hybridized carbons (Fsp3) is 0.533. The molecule has 3 atom stereocenters. The number of alkyl halides is 7. The molecule has 0 aromatic heterocycles. The zero-order valence-electron chi connectivity index (χ0n) is 13.2. The standard InChI is InChI=1S/C15H14F7NO3/c1-25-11(6-16)10-5-12(24)26-13(23-10)7-2-8(14(17,18)19)4-9(3-7)15(20,21)22/h2-4,10-12,24H,5-6H2,1H3. The number of hydrogen-bond acceptors (Lipinski definition) is 4. The number of methoxy groups -OCH3 is 1. The van der Waals surface area contributed by atoms with E-state index in [1.165, 1.54) is 0 Å². The van der Waals surface area contributed by atoms with Crippen LogP contribution in [0.25, 0.3) is 0 Å². The molecule has 0 radical (unpaired) electrons. The van der Waals surface area contributed by atoms with E-state index in [1.54, 1.807) is 0 Å². The molecule has 1 aromatic carbocycles. The molecule has 26 heavy (non-hydrogen) atoms. The number of ether oxygens (including phenoxy) is 2. The zero-order chi connectivity index (χ0) is 19.7. The van der Waals surface area contributed by atoms with Crippen LogP contribution in [0.15, 0.2) is 23.2 Å². The number of benzene rings is 1. The maximum absolute atomic E-state index is 12.9. The van der Waals surface area contributed by atoms with Gasteiger partial charge in [0.15, 0.2) is 0 Å². The molecule has 0 spiro atoms. The summed E-state index contributed by atoms with van der Waals surface area (Å²) in [6.45, 7) is -1.01. The highest BCUT2D eigenvalue weighted by Crippen LogP contribution is 2.37. The van der Waals surface area contributed by atoms with Gasteiger partial charge in [-0.1, -0.05) is 0 Å². The molecule has 1 aliphatic rings. The quantitative estimate of drug-likeness (QED) is 0.802. The van der Waals surface area contributed by atoms with Gasteiger partial charge in [0.25, 0.3) is 0 Å². The third-order valence-corrected chi connectivity index (χ3v) is 3.69. The number of aliphatic hydroxyl groups excluding tert-OH is 1. The molecule has 11 heteroatoms. The summed E-state index contributed by atoms with van der Waals surface area (Å²) in [5, 5.41) is 9.68. The average molecular weight is 389 g/mol. The highest BCUT2D eigenvalue weighted by molar-refractivity contribution is 5.95. The second-order valence-corrected chi connectivity index (χ2v) is 5.53. The second-order valence-electron chi connectivity index (χ2n) is 5.53. The van der Waals surface area contributed by atoms with Crippen LogP contribution in [0.5, 0.6) is 0 Å². The lowest BCUT2D eigenvalue weighted by Gasteiger charge is -2.29. The van der Waals surface area contributed by atoms with Crippen LogP contribution < -0.4 is 0 Å². The summed E-state index contributed by atoms with van der Waals surface area (Å²) in [5.41, 5.74) is -3.75. The minimum Gasteiger partial charge on any atom is -0.448 e. The van der Waals surface area contributed by atoms with E-state index in [0.29, 0.717) is 12.1 Å². The van der Waals surface area contributed by atoms with Gasteiger partial charge >= 0.3 is 12.4 Å². The highest BCUT2D eigenvalue weighted by Gasteiger charge is 2.38. The lowest BCUT2D eigenvalue weighted by atomic mass is 10.0. The predicted molar refractivity (Wildman–Crippen MR) is 75.3 cm³/mol. The van der Waals surface area contributed by atoms with Gasteiger partial charge in [0.2, 0.25) is 12.2 Å². The Morgan fingerprint density at radius 2 is 1.69 bits per heavy atom. The first-order chi connectivity index (χ1) is 12.0. The molecule has 0 bridgehead atoms. The molecule has 1 aromatic rings. The van der Waals surface area contributed by atoms with Crippen molar-refractivity contribution in [2.45, 2.75) is 37.2 Å². The number of aliphatic imine (C=N–C) groups is 1. The van der Waals surface area contributed by atoms with E-state index < -0.39 is 60.1 Å². The molecule has 1 aliphatic heterocycles. The molecule has 1 heterocycles. The average Bonchev–Trinajstić information content (AvgIpc) is 2.53. The summed E-state index contributed by atoms with van der Waals surface area (Å²) in [6.07, 6.45) is -13.0. The van der Waals surface area contributed by atoms with E-state index in [4.69, 9.17) is 9.47 Å². The van der Waals surface area contributed by atoms with E-state index in [1.807, 2.05) is 0 Å². The van der Waals surface area contributed by atoms with Gasteiger partial charge in [-0.05, 0) is 18.2 Å². The van der Waals surface area contributed by atoms with Gasteiger partial charge in [-0.3, -0.25) is 0 Å². The van der Waals surface area contributed by atoms with Gasteiger partial charge in [0.1, 0.15) is 12.8 Å². The number of halogens is 7. The Hall–Kier alpha value is -1.88. The first kappa shape index (κ1) is 20.4. The zero-order valence-corrected chi connectivity index (χ0v) is 13.2. The molecule has 0 fully saturated rings. The lowest BCUT2D eigenvalue weighted by molar-refractivity contribution is -0.143. The molecular formula is C15H14F7NO3. The molecule has 2 rings (SSSR count). The van der Waals surface area contributed by atoms with Crippen molar-refractivity contribution in [2.75, 3.05) is 13.8 Å². The fourth-order valence-electron chi connectivity index (χ4n) is 2.40. The fourth-order valence-corrected chi connectivity index (χ4v) is 2.40. The number of nitrogens with zero attached hydrogens (tertiary/aromatic N) is 1. The van der Waals surface area contributed by atoms with Crippen LogP contribution in [0.3, 0.4) is 0 Å². The molecule has 0 aliphatic carbocycles. The molecule has 146 valence electrons. The van der Waals surface area contributed by atoms with E-state index >= 15 is 0 Å². The minimum atomic E-state index is -5.04. The summed E-state index contributed by atoms with van der Waals surface area (Å²) in [7, 11) is 1.16. The van der Waals surface area contributed by atoms with Crippen molar-refractivity contribution in [3.05, 3.63) is 34.9 Å². The summed E-state index contributed by atoms with van der Waals surface area (Å²) >= 11 is 0. The summed E-state index contributed by atoms with van der Waals surface area (Å²) in [5.74, 6) is -0.652. The molecule has 4 nitrogen and oxygen atoms in total. The van der Waals surface area contributed by atoms with Gasteiger partial charge in [0, 0.05) is 19.1 Å². The van der Waals surface area contributed by atoms with Crippen molar-refractivity contribution in [3.63, 3.8) is 0 Å². The Morgan fingerprint density at radius 3 is 2.12 bits per heavy atom. The Kier molecular flexibility index (Phi) is 5.81. The molecule has 0 saturated carbocycles. The van der Waals surface area contributed by atoms with Crippen LogP contribution in [-0.2, 0) is 21.8 Å². The maximum atomic E-state index is 12.9. The van der Waals surface area contributed by atoms with Crippen molar-refractivity contribution in [1.29, 1.82) is 0 Å². The topological polar surface area (TPSA) is 51.0 Å². The smallest absolute Gasteiger partial charge is 0.416 e. The number of rotatable bonds is 4. The van der Waals surface area contributed by atoms with Crippen LogP contribution in [-0.4, -0.2) is 43.2 Å². The van der Waals surface area contributed by atoms with E-state index in [2.05, 4.69) is 4.99 Å². The van der Waals surface area contributed by atoms with Crippen LogP contribution in [0, 0.1) is 0 Å². The third kappa shape index (κ3) is 4.64. The lowest BCUT2D eigenvalue weighted by Crippen LogP contribution is -2.38. The molecule has 1 N–H and O–H groups in total. The van der Waals surface area contributed by atoms with Crippen molar-refractivity contribution in [2.24, 2.45) is 4.99 Å². The maximum Gasteiger partial charge on any atom is 0.416 e. The largest absolute Gasteiger partial charge is 0.448 e. The summed E-state index contributed by atoms with van der Waals surface area (Å²) in [4.78, 5) is 3.83. The highest BCUT2D eigenvalue weighted by atomic mass is 19.4. The van der Waals surface area contributed by atoms with E-state index in [9.17, 15) is 35.8 Å². The first-order valence-electron chi connectivity index (χ1n) is 7.27. The Labute approximate surface area is 143 Å². The van der Waals surface area contributed by atoms with Gasteiger partial charge in [-0.25, -0.2) is 9.38 Å². The van der Waals surface area contributed by atoms with Gasteiger partial charge in [-0.2, -0.15) is 26.3 Å².